The van der Waals surface area contributed by atoms with Crippen molar-refractivity contribution in [2.75, 3.05) is 13.7 Å². The number of aromatic nitrogens is 3. The number of rotatable bonds is 11. The number of amides is 2. The number of carbonyl (C=O) groups excluding carboxylic acids is 2. The predicted octanol–water partition coefficient (Wildman–Crippen LogP) is 7.42. The monoisotopic (exact) mass is 812 g/mol. The summed E-state index contributed by atoms with van der Waals surface area (Å²) in [4.78, 5) is 49.7. The molecule has 57 heavy (non-hydrogen) atoms. The first kappa shape index (κ1) is 40.2. The van der Waals surface area contributed by atoms with Crippen LogP contribution in [0.15, 0.2) is 77.9 Å². The second-order valence-corrected chi connectivity index (χ2v) is 16.8. The van der Waals surface area contributed by atoms with Gasteiger partial charge in [-0.3, -0.25) is 14.0 Å². The highest BCUT2D eigenvalue weighted by Gasteiger charge is 2.38. The van der Waals surface area contributed by atoms with Crippen molar-refractivity contribution in [3.8, 4) is 39.4 Å². The third-order valence-electron chi connectivity index (χ3n) is 10.3. The van der Waals surface area contributed by atoms with Gasteiger partial charge in [-0.1, -0.05) is 65.7 Å². The number of fused-ring (bicyclic) bond motifs is 1. The van der Waals surface area contributed by atoms with Crippen molar-refractivity contribution in [3.05, 3.63) is 105 Å². The van der Waals surface area contributed by atoms with Crippen molar-refractivity contribution in [1.82, 2.24) is 29.9 Å². The number of aliphatic hydroxyl groups is 1. The van der Waals surface area contributed by atoms with Crippen molar-refractivity contribution in [3.63, 3.8) is 0 Å². The number of hydrogen-bond acceptors (Lipinski definition) is 9. The third-order valence-corrected chi connectivity index (χ3v) is 11.1. The summed E-state index contributed by atoms with van der Waals surface area (Å²) < 4.78 is 12.7. The first-order valence-electron chi connectivity index (χ1n) is 18.9. The van der Waals surface area contributed by atoms with E-state index in [2.05, 4.69) is 15.6 Å². The number of ether oxygens (including phenoxy) is 2. The maximum absolute atomic E-state index is 13.8. The second-order valence-electron chi connectivity index (χ2n) is 16.1. The molecule has 2 amide bonds. The van der Waals surface area contributed by atoms with Gasteiger partial charge in [0.2, 0.25) is 11.8 Å². The molecule has 0 spiro atoms. The van der Waals surface area contributed by atoms with Crippen LogP contribution in [0, 0.1) is 0 Å². The molecule has 4 heterocycles. The number of hydrogen-bond donors (Lipinski definition) is 3. The molecular weight excluding hydrogens is 767 g/mol. The lowest BCUT2D eigenvalue weighted by Crippen LogP contribution is -2.51. The molecule has 3 N–H and O–H groups in total. The van der Waals surface area contributed by atoms with Crippen LogP contribution < -0.4 is 20.9 Å². The fourth-order valence-corrected chi connectivity index (χ4v) is 8.10. The van der Waals surface area contributed by atoms with Crippen LogP contribution in [0.4, 0.5) is 4.79 Å². The van der Waals surface area contributed by atoms with E-state index in [1.165, 1.54) is 15.5 Å². The number of benzene rings is 2. The van der Waals surface area contributed by atoms with Crippen molar-refractivity contribution in [1.29, 1.82) is 0 Å². The van der Waals surface area contributed by atoms with E-state index in [1.807, 2.05) is 55.5 Å². The molecule has 0 unspecified atom stereocenters. The topological polar surface area (TPSA) is 147 Å². The zero-order chi connectivity index (χ0) is 40.6. The lowest BCUT2D eigenvalue weighted by Gasteiger charge is -2.41. The molecule has 1 saturated heterocycles. The Labute approximate surface area is 341 Å². The Morgan fingerprint density at radius 1 is 1.02 bits per heavy atom. The molecule has 5 aromatic rings. The Morgan fingerprint density at radius 2 is 1.70 bits per heavy atom. The van der Waals surface area contributed by atoms with Gasteiger partial charge in [-0.25, -0.2) is 14.8 Å². The Balaban J connectivity index is 1.14. The smallest absolute Gasteiger partial charge is 0.410 e. The Kier molecular flexibility index (Phi) is 11.3. The molecule has 12 nitrogen and oxygen atoms in total. The van der Waals surface area contributed by atoms with Crippen LogP contribution in [0.2, 0.25) is 10.0 Å². The van der Waals surface area contributed by atoms with Gasteiger partial charge in [0.15, 0.2) is 0 Å². The molecule has 1 saturated carbocycles. The van der Waals surface area contributed by atoms with Crippen molar-refractivity contribution < 1.29 is 24.2 Å². The summed E-state index contributed by atoms with van der Waals surface area (Å²) in [5, 5.41) is 17.4. The van der Waals surface area contributed by atoms with Crippen LogP contribution in [0.25, 0.3) is 39.2 Å². The molecule has 2 aliphatic rings. The van der Waals surface area contributed by atoms with Crippen molar-refractivity contribution in [2.45, 2.75) is 89.8 Å². The number of carbonyl (C=O) groups is 2. The molecule has 14 heteroatoms. The summed E-state index contributed by atoms with van der Waals surface area (Å²) in [7, 11) is 1.59. The van der Waals surface area contributed by atoms with Crippen LogP contribution in [-0.4, -0.2) is 73.3 Å². The van der Waals surface area contributed by atoms with E-state index in [0.717, 1.165) is 22.3 Å². The van der Waals surface area contributed by atoms with E-state index < -0.39 is 17.3 Å². The average Bonchev–Trinajstić information content (AvgIpc) is 3.57. The van der Waals surface area contributed by atoms with Gasteiger partial charge in [0.05, 0.1) is 40.6 Å². The van der Waals surface area contributed by atoms with Gasteiger partial charge in [0.1, 0.15) is 11.2 Å². The zero-order valence-electron chi connectivity index (χ0n) is 32.6. The summed E-state index contributed by atoms with van der Waals surface area (Å²) >= 11 is 14.3. The molecule has 1 aliphatic carbocycles. The predicted molar refractivity (Wildman–Crippen MR) is 220 cm³/mol. The van der Waals surface area contributed by atoms with E-state index >= 15 is 0 Å². The zero-order valence-corrected chi connectivity index (χ0v) is 34.1. The van der Waals surface area contributed by atoms with Gasteiger partial charge in [0, 0.05) is 71.8 Å². The standard InChI is InChI=1S/C43H46Cl2N6O6/c1-42(2,3)57-41(54)50(24-28-13-15-36(52)48-28)23-27-22-47-35-18-25(16-17-51(35)40(27)53)30-8-6-9-31(37(30)44)32-10-7-11-33(38(32)45)34-14-12-26(39(49-34)56-5)21-46-29-19-43(4,55)20-29/h6-12,14,16-18,22,28-29,46,55H,13,15,19-21,23-24H2,1-5H3,(H,48,52)/t28-,29?,43?/m0/s1. The summed E-state index contributed by atoms with van der Waals surface area (Å²) in [6.45, 7) is 7.89. The molecule has 0 radical (unpaired) electrons. The quantitative estimate of drug-likeness (QED) is 0.124. The minimum Gasteiger partial charge on any atom is -0.481 e. The minimum atomic E-state index is -0.745. The summed E-state index contributed by atoms with van der Waals surface area (Å²) in [5.74, 6) is 0.420. The van der Waals surface area contributed by atoms with E-state index in [0.29, 0.717) is 76.2 Å². The molecule has 1 atom stereocenters. The number of nitrogens with one attached hydrogen (secondary N) is 2. The largest absolute Gasteiger partial charge is 0.481 e. The summed E-state index contributed by atoms with van der Waals surface area (Å²) in [6, 6.07) is 18.9. The van der Waals surface area contributed by atoms with Crippen LogP contribution in [0.3, 0.4) is 0 Å². The molecule has 2 aromatic carbocycles. The molecular formula is C43H46Cl2N6O6. The minimum absolute atomic E-state index is 0.0411. The first-order valence-corrected chi connectivity index (χ1v) is 19.7. The van der Waals surface area contributed by atoms with Gasteiger partial charge in [-0.15, -0.1) is 0 Å². The van der Waals surface area contributed by atoms with Crippen molar-refractivity contribution >= 4 is 40.8 Å². The summed E-state index contributed by atoms with van der Waals surface area (Å²) in [5.41, 5.74) is 4.16. The lowest BCUT2D eigenvalue weighted by molar-refractivity contribution is -0.119. The van der Waals surface area contributed by atoms with E-state index in [1.54, 1.807) is 46.2 Å². The maximum atomic E-state index is 13.8. The van der Waals surface area contributed by atoms with E-state index in [4.69, 9.17) is 37.7 Å². The van der Waals surface area contributed by atoms with Crippen LogP contribution >= 0.6 is 23.2 Å². The average molecular weight is 814 g/mol. The fraction of sp³-hybridized carbons (Fsp3) is 0.372. The Hall–Kier alpha value is -5.01. The molecule has 0 bridgehead atoms. The second kappa shape index (κ2) is 16.1. The molecule has 7 rings (SSSR count). The summed E-state index contributed by atoms with van der Waals surface area (Å²) in [6.07, 6.45) is 4.91. The maximum Gasteiger partial charge on any atom is 0.410 e. The number of nitrogens with zero attached hydrogens (tertiary/aromatic N) is 4. The highest BCUT2D eigenvalue weighted by atomic mass is 35.5. The van der Waals surface area contributed by atoms with Crippen LogP contribution in [-0.2, 0) is 22.6 Å². The molecule has 3 aromatic heterocycles. The van der Waals surface area contributed by atoms with Gasteiger partial charge < -0.3 is 30.1 Å². The molecule has 1 aliphatic heterocycles. The number of pyridine rings is 2. The van der Waals surface area contributed by atoms with Crippen molar-refractivity contribution in [2.24, 2.45) is 0 Å². The van der Waals surface area contributed by atoms with Crippen LogP contribution in [0.5, 0.6) is 5.88 Å². The fourth-order valence-electron chi connectivity index (χ4n) is 7.44. The number of halogens is 2. The lowest BCUT2D eigenvalue weighted by atomic mass is 9.77. The van der Waals surface area contributed by atoms with E-state index in [9.17, 15) is 19.5 Å². The molecule has 298 valence electrons. The normalized spacial score (nSPS) is 19.3. The SMILES string of the molecule is COc1nc(-c2cccc(-c3cccc(-c4ccn5c(=O)c(CN(C[C@@H]6CCC(=O)N6)C(=O)OC(C)(C)C)cnc5c4)c3Cl)c2Cl)ccc1CNC1CC(C)(O)C1. The van der Waals surface area contributed by atoms with Gasteiger partial charge >= 0.3 is 6.09 Å². The Morgan fingerprint density at radius 3 is 2.35 bits per heavy atom. The van der Waals surface area contributed by atoms with Crippen LogP contribution in [0.1, 0.15) is 64.5 Å². The first-order chi connectivity index (χ1) is 27.1. The third kappa shape index (κ3) is 8.94. The van der Waals surface area contributed by atoms with Gasteiger partial charge in [-0.2, -0.15) is 0 Å². The molecule has 2 fully saturated rings. The Bertz CT molecular complexity index is 2400. The van der Waals surface area contributed by atoms with Gasteiger partial charge in [0.25, 0.3) is 5.56 Å². The number of methoxy groups -OCH3 is 1. The highest BCUT2D eigenvalue weighted by Crippen LogP contribution is 2.42. The highest BCUT2D eigenvalue weighted by molar-refractivity contribution is 6.39. The van der Waals surface area contributed by atoms with E-state index in [-0.39, 0.29) is 36.6 Å². The van der Waals surface area contributed by atoms with Gasteiger partial charge in [-0.05, 0) is 70.7 Å².